The summed E-state index contributed by atoms with van der Waals surface area (Å²) in [5.41, 5.74) is 0.429. The third kappa shape index (κ3) is 3.53. The average molecular weight is 379 g/mol. The van der Waals surface area contributed by atoms with Crippen molar-refractivity contribution in [3.8, 4) is 0 Å². The summed E-state index contributed by atoms with van der Waals surface area (Å²) in [6.07, 6.45) is 4.54. The Labute approximate surface area is 152 Å². The van der Waals surface area contributed by atoms with Gasteiger partial charge in [-0.05, 0) is 62.3 Å². The molecule has 2 aliphatic rings. The Morgan fingerprint density at radius 2 is 2.12 bits per heavy atom. The number of halogens is 1. The maximum absolute atomic E-state index is 13.3. The highest BCUT2D eigenvalue weighted by Crippen LogP contribution is 2.38. The van der Waals surface area contributed by atoms with Gasteiger partial charge >= 0.3 is 0 Å². The predicted octanol–water partition coefficient (Wildman–Crippen LogP) is 3.04. The highest BCUT2D eigenvalue weighted by atomic mass is 32.2. The monoisotopic (exact) mass is 379 g/mol. The van der Waals surface area contributed by atoms with Crippen LogP contribution in [0.5, 0.6) is 0 Å². The number of piperidine rings is 1. The fourth-order valence-corrected chi connectivity index (χ4v) is 5.32. The van der Waals surface area contributed by atoms with Gasteiger partial charge in [-0.3, -0.25) is 0 Å². The molecule has 0 N–H and O–H groups in total. The topological polar surface area (TPSA) is 76.3 Å². The van der Waals surface area contributed by atoms with E-state index in [-0.39, 0.29) is 10.8 Å². The van der Waals surface area contributed by atoms with Crippen LogP contribution in [0.3, 0.4) is 0 Å². The molecule has 0 radical (unpaired) electrons. The summed E-state index contributed by atoms with van der Waals surface area (Å²) in [5.74, 6) is 1.53. The van der Waals surface area contributed by atoms with Crippen LogP contribution < -0.4 is 0 Å². The minimum Gasteiger partial charge on any atom is -0.339 e. The van der Waals surface area contributed by atoms with Crippen molar-refractivity contribution in [2.24, 2.45) is 5.92 Å². The Balaban J connectivity index is 1.48. The van der Waals surface area contributed by atoms with Gasteiger partial charge in [-0.1, -0.05) is 5.16 Å². The van der Waals surface area contributed by atoms with E-state index < -0.39 is 15.8 Å². The summed E-state index contributed by atoms with van der Waals surface area (Å²) in [4.78, 5) is 4.62. The maximum atomic E-state index is 13.3. The lowest BCUT2D eigenvalue weighted by Gasteiger charge is -2.31. The van der Waals surface area contributed by atoms with Crippen LogP contribution in [0, 0.1) is 18.7 Å². The zero-order valence-electron chi connectivity index (χ0n) is 14.7. The molecule has 1 saturated carbocycles. The lowest BCUT2D eigenvalue weighted by Crippen LogP contribution is -2.40. The van der Waals surface area contributed by atoms with E-state index >= 15 is 0 Å². The maximum Gasteiger partial charge on any atom is 0.243 e. The largest absolute Gasteiger partial charge is 0.339 e. The molecule has 0 unspecified atom stereocenters. The summed E-state index contributed by atoms with van der Waals surface area (Å²) < 4.78 is 46.1. The van der Waals surface area contributed by atoms with E-state index in [0.29, 0.717) is 36.9 Å². The Hall–Kier alpha value is -1.80. The van der Waals surface area contributed by atoms with Crippen LogP contribution in [0.2, 0.25) is 0 Å². The number of hydrogen-bond acceptors (Lipinski definition) is 5. The lowest BCUT2D eigenvalue weighted by atomic mass is 9.96. The summed E-state index contributed by atoms with van der Waals surface area (Å²) >= 11 is 0. The average Bonchev–Trinajstić information content (AvgIpc) is 3.35. The minimum atomic E-state index is -3.63. The number of aryl methyl sites for hydroxylation is 1. The lowest BCUT2D eigenvalue weighted by molar-refractivity contribution is 0.246. The molecule has 0 spiro atoms. The van der Waals surface area contributed by atoms with Crippen molar-refractivity contribution in [3.63, 3.8) is 0 Å². The molecule has 2 heterocycles. The molecule has 0 bridgehead atoms. The summed E-state index contributed by atoms with van der Waals surface area (Å²) in [7, 11) is -3.63. The summed E-state index contributed by atoms with van der Waals surface area (Å²) in [6, 6.07) is 3.80. The molecule has 1 aromatic heterocycles. The first-order valence-electron chi connectivity index (χ1n) is 9.02. The molecule has 1 aromatic carbocycles. The molecule has 4 rings (SSSR count). The first kappa shape index (κ1) is 17.6. The molecule has 8 heteroatoms. The molecule has 1 aliphatic heterocycles. The smallest absolute Gasteiger partial charge is 0.243 e. The molecule has 2 aromatic rings. The fourth-order valence-electron chi connectivity index (χ4n) is 3.56. The van der Waals surface area contributed by atoms with Crippen LogP contribution in [0.15, 0.2) is 27.6 Å². The second kappa shape index (κ2) is 6.74. The number of hydrogen-bond donors (Lipinski definition) is 0. The SMILES string of the molecule is Cc1cc(F)ccc1S(=O)(=O)N1CCC[C@H](Cc2nc(C3CC3)no2)C1. The van der Waals surface area contributed by atoms with Gasteiger partial charge in [-0.15, -0.1) is 0 Å². The second-order valence-corrected chi connectivity index (χ2v) is 9.21. The number of aromatic nitrogens is 2. The van der Waals surface area contributed by atoms with Crippen molar-refractivity contribution in [1.29, 1.82) is 0 Å². The van der Waals surface area contributed by atoms with E-state index in [1.54, 1.807) is 6.92 Å². The van der Waals surface area contributed by atoms with Gasteiger partial charge < -0.3 is 4.52 Å². The van der Waals surface area contributed by atoms with Gasteiger partial charge in [0.05, 0.1) is 4.90 Å². The normalized spacial score (nSPS) is 21.8. The third-order valence-corrected chi connectivity index (χ3v) is 7.15. The molecule has 1 saturated heterocycles. The third-order valence-electron chi connectivity index (χ3n) is 5.13. The second-order valence-electron chi connectivity index (χ2n) is 7.31. The summed E-state index contributed by atoms with van der Waals surface area (Å²) in [5, 5.41) is 4.03. The molecule has 1 atom stereocenters. The van der Waals surface area contributed by atoms with E-state index in [1.807, 2.05) is 0 Å². The van der Waals surface area contributed by atoms with E-state index in [1.165, 1.54) is 22.5 Å². The standard InChI is InChI=1S/C18H22FN3O3S/c1-12-9-15(19)6-7-16(12)26(23,24)22-8-2-3-13(11-22)10-17-20-18(21-25-17)14-4-5-14/h6-7,9,13-14H,2-5,8,10-11H2,1H3/t13-/m1/s1. The fraction of sp³-hybridized carbons (Fsp3) is 0.556. The molecular weight excluding hydrogens is 357 g/mol. The van der Waals surface area contributed by atoms with Crippen molar-refractivity contribution in [1.82, 2.24) is 14.4 Å². The molecule has 0 amide bonds. The first-order valence-corrected chi connectivity index (χ1v) is 10.5. The van der Waals surface area contributed by atoms with Crippen molar-refractivity contribution in [2.75, 3.05) is 13.1 Å². The van der Waals surface area contributed by atoms with Crippen LogP contribution >= 0.6 is 0 Å². The van der Waals surface area contributed by atoms with Gasteiger partial charge in [0.25, 0.3) is 0 Å². The number of rotatable bonds is 5. The van der Waals surface area contributed by atoms with Crippen molar-refractivity contribution in [3.05, 3.63) is 41.3 Å². The predicted molar refractivity (Wildman–Crippen MR) is 92.6 cm³/mol. The Morgan fingerprint density at radius 3 is 2.85 bits per heavy atom. The van der Waals surface area contributed by atoms with Gasteiger partial charge in [-0.2, -0.15) is 9.29 Å². The Kier molecular flexibility index (Phi) is 4.56. The van der Waals surface area contributed by atoms with Crippen LogP contribution in [0.4, 0.5) is 4.39 Å². The highest BCUT2D eigenvalue weighted by molar-refractivity contribution is 7.89. The molecule has 2 fully saturated rings. The van der Waals surface area contributed by atoms with Gasteiger partial charge in [-0.25, -0.2) is 12.8 Å². The van der Waals surface area contributed by atoms with Crippen molar-refractivity contribution < 1.29 is 17.3 Å². The van der Waals surface area contributed by atoms with E-state index in [4.69, 9.17) is 4.52 Å². The zero-order chi connectivity index (χ0) is 18.3. The number of benzene rings is 1. The molecule has 140 valence electrons. The van der Waals surface area contributed by atoms with Crippen molar-refractivity contribution in [2.45, 2.75) is 49.8 Å². The van der Waals surface area contributed by atoms with Crippen LogP contribution in [0.25, 0.3) is 0 Å². The van der Waals surface area contributed by atoms with E-state index in [0.717, 1.165) is 31.5 Å². The van der Waals surface area contributed by atoms with Gasteiger partial charge in [0.15, 0.2) is 5.82 Å². The zero-order valence-corrected chi connectivity index (χ0v) is 15.5. The summed E-state index contributed by atoms with van der Waals surface area (Å²) in [6.45, 7) is 2.52. The minimum absolute atomic E-state index is 0.145. The van der Waals surface area contributed by atoms with Gasteiger partial charge in [0.2, 0.25) is 15.9 Å². The Morgan fingerprint density at radius 1 is 1.31 bits per heavy atom. The first-order chi connectivity index (χ1) is 12.4. The van der Waals surface area contributed by atoms with Crippen molar-refractivity contribution >= 4 is 10.0 Å². The van der Waals surface area contributed by atoms with Gasteiger partial charge in [0, 0.05) is 25.4 Å². The number of sulfonamides is 1. The van der Waals surface area contributed by atoms with Crippen LogP contribution in [0.1, 0.15) is 48.9 Å². The Bertz CT molecular complexity index is 908. The van der Waals surface area contributed by atoms with E-state index in [9.17, 15) is 12.8 Å². The number of nitrogens with zero attached hydrogens (tertiary/aromatic N) is 3. The highest BCUT2D eigenvalue weighted by Gasteiger charge is 2.33. The molecule has 6 nitrogen and oxygen atoms in total. The van der Waals surface area contributed by atoms with Crippen LogP contribution in [-0.4, -0.2) is 36.0 Å². The molecule has 1 aliphatic carbocycles. The molecular formula is C18H22FN3O3S. The quantitative estimate of drug-likeness (QED) is 0.798. The van der Waals surface area contributed by atoms with Crippen LogP contribution in [-0.2, 0) is 16.4 Å². The van der Waals surface area contributed by atoms with Gasteiger partial charge in [0.1, 0.15) is 5.82 Å². The van der Waals surface area contributed by atoms with E-state index in [2.05, 4.69) is 10.1 Å². The molecule has 26 heavy (non-hydrogen) atoms.